The van der Waals surface area contributed by atoms with Crippen LogP contribution in [0.3, 0.4) is 0 Å². The quantitative estimate of drug-likeness (QED) is 0.730. The van der Waals surface area contributed by atoms with Crippen LogP contribution in [0, 0.1) is 6.92 Å². The van der Waals surface area contributed by atoms with E-state index in [4.69, 9.17) is 4.74 Å². The van der Waals surface area contributed by atoms with Crippen LogP contribution in [0.4, 0.5) is 11.6 Å². The molecule has 3 heterocycles. The molecule has 0 bridgehead atoms. The highest BCUT2D eigenvalue weighted by Gasteiger charge is 2.36. The van der Waals surface area contributed by atoms with Crippen molar-refractivity contribution in [1.82, 2.24) is 19.6 Å². The SMILES string of the molecule is Cc1nc(N(C)c2ccccc2)n2ncc([C@H]3C[C@H](O)[C@@H](CO)O3)c2n1. The first-order chi connectivity index (χ1) is 12.6. The highest BCUT2D eigenvalue weighted by Crippen LogP contribution is 2.35. The molecule has 3 atom stereocenters. The number of para-hydroxylation sites is 1. The van der Waals surface area contributed by atoms with E-state index in [0.29, 0.717) is 23.8 Å². The third-order valence-electron chi connectivity index (χ3n) is 4.68. The molecule has 0 aliphatic carbocycles. The summed E-state index contributed by atoms with van der Waals surface area (Å²) in [5.41, 5.74) is 2.41. The minimum Gasteiger partial charge on any atom is -0.394 e. The number of aromatic nitrogens is 4. The second kappa shape index (κ2) is 6.64. The normalized spacial score (nSPS) is 22.8. The zero-order valence-corrected chi connectivity index (χ0v) is 14.6. The Morgan fingerprint density at radius 2 is 2.04 bits per heavy atom. The number of rotatable bonds is 4. The van der Waals surface area contributed by atoms with Crippen LogP contribution in [0.1, 0.15) is 23.9 Å². The fraction of sp³-hybridized carbons (Fsp3) is 0.389. The van der Waals surface area contributed by atoms with Gasteiger partial charge < -0.3 is 19.8 Å². The molecular formula is C18H21N5O3. The van der Waals surface area contributed by atoms with Gasteiger partial charge in [-0.1, -0.05) is 18.2 Å². The van der Waals surface area contributed by atoms with Crippen molar-refractivity contribution < 1.29 is 14.9 Å². The first-order valence-corrected chi connectivity index (χ1v) is 8.54. The lowest BCUT2D eigenvalue weighted by Gasteiger charge is -2.19. The Hall–Kier alpha value is -2.55. The van der Waals surface area contributed by atoms with Crippen LogP contribution in [0.25, 0.3) is 5.65 Å². The molecule has 1 aliphatic heterocycles. The van der Waals surface area contributed by atoms with Crippen molar-refractivity contribution in [2.75, 3.05) is 18.6 Å². The van der Waals surface area contributed by atoms with Gasteiger partial charge in [0.05, 0.1) is 25.0 Å². The predicted molar refractivity (Wildman–Crippen MR) is 95.3 cm³/mol. The minimum absolute atomic E-state index is 0.215. The molecule has 4 rings (SSSR count). The Balaban J connectivity index is 1.77. The maximum absolute atomic E-state index is 10.0. The van der Waals surface area contributed by atoms with Gasteiger partial charge in [-0.3, -0.25) is 0 Å². The summed E-state index contributed by atoms with van der Waals surface area (Å²) in [5, 5.41) is 23.8. The Morgan fingerprint density at radius 1 is 1.27 bits per heavy atom. The zero-order chi connectivity index (χ0) is 18.3. The van der Waals surface area contributed by atoms with Gasteiger partial charge in [0, 0.05) is 24.7 Å². The molecule has 1 saturated heterocycles. The van der Waals surface area contributed by atoms with Crippen LogP contribution in [0.2, 0.25) is 0 Å². The van der Waals surface area contributed by atoms with Crippen molar-refractivity contribution in [3.63, 3.8) is 0 Å². The summed E-state index contributed by atoms with van der Waals surface area (Å²) < 4.78 is 7.45. The lowest BCUT2D eigenvalue weighted by molar-refractivity contribution is -0.0222. The summed E-state index contributed by atoms with van der Waals surface area (Å²) in [6, 6.07) is 9.89. The van der Waals surface area contributed by atoms with Crippen molar-refractivity contribution in [1.29, 1.82) is 0 Å². The lowest BCUT2D eigenvalue weighted by atomic mass is 10.1. The summed E-state index contributed by atoms with van der Waals surface area (Å²) in [7, 11) is 1.93. The fourth-order valence-corrected chi connectivity index (χ4v) is 3.29. The van der Waals surface area contributed by atoms with Gasteiger partial charge in [-0.05, 0) is 19.1 Å². The second-order valence-corrected chi connectivity index (χ2v) is 6.45. The molecule has 0 amide bonds. The molecule has 2 aromatic heterocycles. The number of ether oxygens (including phenoxy) is 1. The average molecular weight is 355 g/mol. The van der Waals surface area contributed by atoms with E-state index in [9.17, 15) is 10.2 Å². The predicted octanol–water partition coefficient (Wildman–Crippen LogP) is 1.38. The second-order valence-electron chi connectivity index (χ2n) is 6.45. The summed E-state index contributed by atoms with van der Waals surface area (Å²) in [5.74, 6) is 1.26. The number of anilines is 2. The number of hydrogen-bond donors (Lipinski definition) is 2. The standard InChI is InChI=1S/C18H21N5O3/c1-11-20-17-13(15-8-14(25)16(10-24)26-15)9-19-23(17)18(21-11)22(2)12-6-4-3-5-7-12/h3-7,9,14-16,24-25H,8,10H2,1-2H3/t14-,15+,16+/m0/s1. The third-order valence-corrected chi connectivity index (χ3v) is 4.68. The van der Waals surface area contributed by atoms with E-state index in [0.717, 1.165) is 11.3 Å². The number of fused-ring (bicyclic) bond motifs is 1. The third kappa shape index (κ3) is 2.82. The van der Waals surface area contributed by atoms with E-state index >= 15 is 0 Å². The van der Waals surface area contributed by atoms with Crippen LogP contribution >= 0.6 is 0 Å². The van der Waals surface area contributed by atoms with Crippen molar-refractivity contribution >= 4 is 17.3 Å². The molecular weight excluding hydrogens is 334 g/mol. The van der Waals surface area contributed by atoms with E-state index < -0.39 is 12.2 Å². The first-order valence-electron chi connectivity index (χ1n) is 8.54. The van der Waals surface area contributed by atoms with Crippen molar-refractivity contribution in [2.45, 2.75) is 31.7 Å². The molecule has 1 aliphatic rings. The molecule has 8 nitrogen and oxygen atoms in total. The number of nitrogens with zero attached hydrogens (tertiary/aromatic N) is 5. The molecule has 0 radical (unpaired) electrons. The van der Waals surface area contributed by atoms with Crippen molar-refractivity contribution in [3.05, 3.63) is 47.9 Å². The monoisotopic (exact) mass is 355 g/mol. The molecule has 1 aromatic carbocycles. The van der Waals surface area contributed by atoms with E-state index in [2.05, 4.69) is 15.1 Å². The van der Waals surface area contributed by atoms with Gasteiger partial charge in [0.2, 0.25) is 5.95 Å². The van der Waals surface area contributed by atoms with E-state index in [1.807, 2.05) is 49.2 Å². The largest absolute Gasteiger partial charge is 0.394 e. The molecule has 136 valence electrons. The fourth-order valence-electron chi connectivity index (χ4n) is 3.29. The Morgan fingerprint density at radius 3 is 2.73 bits per heavy atom. The molecule has 26 heavy (non-hydrogen) atoms. The van der Waals surface area contributed by atoms with E-state index in [1.54, 1.807) is 10.7 Å². The smallest absolute Gasteiger partial charge is 0.234 e. The average Bonchev–Trinajstić information content (AvgIpc) is 3.24. The number of aliphatic hydroxyl groups is 2. The maximum Gasteiger partial charge on any atom is 0.234 e. The number of hydrogen-bond acceptors (Lipinski definition) is 7. The van der Waals surface area contributed by atoms with Gasteiger partial charge in [0.25, 0.3) is 0 Å². The van der Waals surface area contributed by atoms with Crippen LogP contribution < -0.4 is 4.90 Å². The Kier molecular flexibility index (Phi) is 4.31. The number of benzene rings is 1. The summed E-state index contributed by atoms with van der Waals surface area (Å²) >= 11 is 0. The van der Waals surface area contributed by atoms with Gasteiger partial charge in [-0.25, -0.2) is 4.98 Å². The van der Waals surface area contributed by atoms with Gasteiger partial charge >= 0.3 is 0 Å². The van der Waals surface area contributed by atoms with Crippen LogP contribution in [-0.2, 0) is 4.74 Å². The summed E-state index contributed by atoms with van der Waals surface area (Å²) in [4.78, 5) is 11.0. The molecule has 1 fully saturated rings. The molecule has 3 aromatic rings. The van der Waals surface area contributed by atoms with Crippen LogP contribution in [-0.4, -0.2) is 55.7 Å². The van der Waals surface area contributed by atoms with Crippen LogP contribution in [0.15, 0.2) is 36.5 Å². The van der Waals surface area contributed by atoms with E-state index in [-0.39, 0.29) is 12.7 Å². The molecule has 0 saturated carbocycles. The lowest BCUT2D eigenvalue weighted by Crippen LogP contribution is -2.24. The molecule has 0 spiro atoms. The molecule has 0 unspecified atom stereocenters. The van der Waals surface area contributed by atoms with Crippen molar-refractivity contribution in [2.24, 2.45) is 0 Å². The van der Waals surface area contributed by atoms with Gasteiger partial charge in [0.15, 0.2) is 5.65 Å². The first kappa shape index (κ1) is 16.9. The zero-order valence-electron chi connectivity index (χ0n) is 14.6. The molecule has 8 heteroatoms. The van der Waals surface area contributed by atoms with E-state index in [1.165, 1.54) is 0 Å². The van der Waals surface area contributed by atoms with Gasteiger partial charge in [-0.2, -0.15) is 14.6 Å². The highest BCUT2D eigenvalue weighted by atomic mass is 16.5. The number of aryl methyl sites for hydroxylation is 1. The van der Waals surface area contributed by atoms with Gasteiger partial charge in [0.1, 0.15) is 11.9 Å². The number of aliphatic hydroxyl groups excluding tert-OH is 2. The van der Waals surface area contributed by atoms with Crippen LogP contribution in [0.5, 0.6) is 0 Å². The Bertz CT molecular complexity index is 914. The topological polar surface area (TPSA) is 96.0 Å². The highest BCUT2D eigenvalue weighted by molar-refractivity contribution is 5.60. The summed E-state index contributed by atoms with van der Waals surface area (Å²) in [6.07, 6.45) is 0.463. The Labute approximate surface area is 150 Å². The molecule has 2 N–H and O–H groups in total. The minimum atomic E-state index is -0.700. The van der Waals surface area contributed by atoms with Crippen molar-refractivity contribution in [3.8, 4) is 0 Å². The van der Waals surface area contributed by atoms with Gasteiger partial charge in [-0.15, -0.1) is 0 Å². The summed E-state index contributed by atoms with van der Waals surface area (Å²) in [6.45, 7) is 1.62. The maximum atomic E-state index is 10.0.